The SMILES string of the molecule is C=CCCCn1ccc(C(O)CCC)c1. The number of rotatable bonds is 7. The van der Waals surface area contributed by atoms with Crippen LogP contribution in [0.5, 0.6) is 0 Å². The molecule has 0 bridgehead atoms. The molecule has 0 aromatic carbocycles. The molecule has 0 saturated carbocycles. The van der Waals surface area contributed by atoms with Crippen LogP contribution in [0.4, 0.5) is 0 Å². The van der Waals surface area contributed by atoms with Gasteiger partial charge in [0.2, 0.25) is 0 Å². The maximum atomic E-state index is 9.78. The first-order chi connectivity index (χ1) is 7.27. The third kappa shape index (κ3) is 3.92. The summed E-state index contributed by atoms with van der Waals surface area (Å²) in [5, 5.41) is 9.78. The molecule has 0 saturated heterocycles. The van der Waals surface area contributed by atoms with Crippen LogP contribution in [-0.4, -0.2) is 9.67 Å². The fourth-order valence-electron chi connectivity index (χ4n) is 1.65. The van der Waals surface area contributed by atoms with Gasteiger partial charge >= 0.3 is 0 Å². The Morgan fingerprint density at radius 1 is 1.60 bits per heavy atom. The Labute approximate surface area is 92.2 Å². The zero-order valence-corrected chi connectivity index (χ0v) is 9.52. The van der Waals surface area contributed by atoms with E-state index >= 15 is 0 Å². The molecule has 1 heterocycles. The van der Waals surface area contributed by atoms with Gasteiger partial charge in [0.1, 0.15) is 0 Å². The fraction of sp³-hybridized carbons (Fsp3) is 0.538. The van der Waals surface area contributed by atoms with Crippen molar-refractivity contribution in [2.75, 3.05) is 0 Å². The van der Waals surface area contributed by atoms with Gasteiger partial charge in [-0.15, -0.1) is 6.58 Å². The van der Waals surface area contributed by atoms with Crippen molar-refractivity contribution >= 4 is 0 Å². The molecule has 0 radical (unpaired) electrons. The maximum absolute atomic E-state index is 9.78. The maximum Gasteiger partial charge on any atom is 0.0804 e. The Bertz CT molecular complexity index is 290. The molecule has 84 valence electrons. The van der Waals surface area contributed by atoms with E-state index in [1.54, 1.807) is 0 Å². The van der Waals surface area contributed by atoms with Gasteiger partial charge in [-0.2, -0.15) is 0 Å². The van der Waals surface area contributed by atoms with Crippen molar-refractivity contribution in [1.29, 1.82) is 0 Å². The Kier molecular flexibility index (Phi) is 5.19. The van der Waals surface area contributed by atoms with Crippen molar-refractivity contribution in [3.63, 3.8) is 0 Å². The quantitative estimate of drug-likeness (QED) is 0.538. The molecule has 0 aliphatic carbocycles. The zero-order chi connectivity index (χ0) is 11.1. The van der Waals surface area contributed by atoms with E-state index in [4.69, 9.17) is 0 Å². The predicted molar refractivity (Wildman–Crippen MR) is 63.7 cm³/mol. The van der Waals surface area contributed by atoms with Crippen molar-refractivity contribution in [2.24, 2.45) is 0 Å². The van der Waals surface area contributed by atoms with E-state index in [1.165, 1.54) is 0 Å². The van der Waals surface area contributed by atoms with E-state index in [0.29, 0.717) is 0 Å². The highest BCUT2D eigenvalue weighted by Crippen LogP contribution is 2.18. The molecule has 2 nitrogen and oxygen atoms in total. The van der Waals surface area contributed by atoms with E-state index in [0.717, 1.165) is 37.8 Å². The lowest BCUT2D eigenvalue weighted by Crippen LogP contribution is -1.96. The Hall–Kier alpha value is -1.02. The summed E-state index contributed by atoms with van der Waals surface area (Å²) in [5.74, 6) is 0. The molecule has 1 atom stereocenters. The number of allylic oxidation sites excluding steroid dienone is 1. The number of hydrogen-bond acceptors (Lipinski definition) is 1. The summed E-state index contributed by atoms with van der Waals surface area (Å²) in [6.45, 7) is 6.79. The lowest BCUT2D eigenvalue weighted by atomic mass is 10.1. The summed E-state index contributed by atoms with van der Waals surface area (Å²) < 4.78 is 2.14. The van der Waals surface area contributed by atoms with Crippen LogP contribution < -0.4 is 0 Å². The van der Waals surface area contributed by atoms with Gasteiger partial charge in [0, 0.05) is 18.9 Å². The largest absolute Gasteiger partial charge is 0.388 e. The second kappa shape index (κ2) is 6.46. The lowest BCUT2D eigenvalue weighted by molar-refractivity contribution is 0.166. The van der Waals surface area contributed by atoms with Crippen LogP contribution in [0.25, 0.3) is 0 Å². The molecule has 0 spiro atoms. The molecule has 2 heteroatoms. The minimum absolute atomic E-state index is 0.296. The number of unbranched alkanes of at least 4 members (excludes halogenated alkanes) is 1. The van der Waals surface area contributed by atoms with Crippen molar-refractivity contribution in [2.45, 2.75) is 45.3 Å². The van der Waals surface area contributed by atoms with Gasteiger partial charge in [-0.25, -0.2) is 0 Å². The van der Waals surface area contributed by atoms with Crippen LogP contribution in [0.2, 0.25) is 0 Å². The van der Waals surface area contributed by atoms with Gasteiger partial charge in [0.25, 0.3) is 0 Å². The Morgan fingerprint density at radius 2 is 2.40 bits per heavy atom. The smallest absolute Gasteiger partial charge is 0.0804 e. The molecule has 1 aromatic rings. The van der Waals surface area contributed by atoms with Crippen LogP contribution >= 0.6 is 0 Å². The Balaban J connectivity index is 2.44. The molecule has 1 N–H and O–H groups in total. The van der Waals surface area contributed by atoms with Crippen molar-refractivity contribution in [3.8, 4) is 0 Å². The highest BCUT2D eigenvalue weighted by atomic mass is 16.3. The highest BCUT2D eigenvalue weighted by molar-refractivity contribution is 5.13. The molecule has 0 amide bonds. The predicted octanol–water partition coefficient (Wildman–Crippen LogP) is 3.29. The topological polar surface area (TPSA) is 25.2 Å². The average Bonchev–Trinajstić information content (AvgIpc) is 2.67. The van der Waals surface area contributed by atoms with Gasteiger partial charge < -0.3 is 9.67 Å². The second-order valence-electron chi connectivity index (χ2n) is 3.92. The van der Waals surface area contributed by atoms with E-state index in [-0.39, 0.29) is 6.10 Å². The molecule has 0 aliphatic heterocycles. The first-order valence-electron chi connectivity index (χ1n) is 5.72. The number of aliphatic hydroxyl groups is 1. The number of aryl methyl sites for hydroxylation is 1. The van der Waals surface area contributed by atoms with E-state index in [2.05, 4.69) is 18.1 Å². The summed E-state index contributed by atoms with van der Waals surface area (Å²) in [4.78, 5) is 0. The number of aromatic nitrogens is 1. The third-order valence-electron chi connectivity index (χ3n) is 2.54. The van der Waals surface area contributed by atoms with Crippen molar-refractivity contribution in [3.05, 3.63) is 36.7 Å². The molecular formula is C13H21NO. The molecule has 1 unspecified atom stereocenters. The summed E-state index contributed by atoms with van der Waals surface area (Å²) in [7, 11) is 0. The highest BCUT2D eigenvalue weighted by Gasteiger charge is 2.07. The van der Waals surface area contributed by atoms with Crippen LogP contribution in [-0.2, 0) is 6.54 Å². The number of hydrogen-bond donors (Lipinski definition) is 1. The molecule has 1 aromatic heterocycles. The molecule has 0 fully saturated rings. The normalized spacial score (nSPS) is 12.7. The van der Waals surface area contributed by atoms with E-state index in [9.17, 15) is 5.11 Å². The number of nitrogens with zero attached hydrogens (tertiary/aromatic N) is 1. The van der Waals surface area contributed by atoms with Gasteiger partial charge in [0.05, 0.1) is 6.10 Å². The second-order valence-corrected chi connectivity index (χ2v) is 3.92. The van der Waals surface area contributed by atoms with Crippen molar-refractivity contribution in [1.82, 2.24) is 4.57 Å². The van der Waals surface area contributed by atoms with Crippen molar-refractivity contribution < 1.29 is 5.11 Å². The first-order valence-corrected chi connectivity index (χ1v) is 5.72. The van der Waals surface area contributed by atoms with Crippen LogP contribution in [0.1, 0.15) is 44.3 Å². The molecule has 1 rings (SSSR count). The molecule has 15 heavy (non-hydrogen) atoms. The standard InChI is InChI=1S/C13H21NO/c1-3-5-6-9-14-10-8-12(11-14)13(15)7-4-2/h3,8,10-11,13,15H,1,4-7,9H2,2H3. The first kappa shape index (κ1) is 12.1. The summed E-state index contributed by atoms with van der Waals surface area (Å²) in [6.07, 6.45) is 9.75. The van der Waals surface area contributed by atoms with Crippen LogP contribution in [0.3, 0.4) is 0 Å². The summed E-state index contributed by atoms with van der Waals surface area (Å²) in [5.41, 5.74) is 1.04. The molecular weight excluding hydrogens is 186 g/mol. The van der Waals surface area contributed by atoms with Gasteiger partial charge in [-0.3, -0.25) is 0 Å². The van der Waals surface area contributed by atoms with Crippen LogP contribution in [0, 0.1) is 0 Å². The van der Waals surface area contributed by atoms with Crippen LogP contribution in [0.15, 0.2) is 31.1 Å². The number of aliphatic hydroxyl groups excluding tert-OH is 1. The van der Waals surface area contributed by atoms with Gasteiger partial charge in [0.15, 0.2) is 0 Å². The molecule has 0 aliphatic rings. The van der Waals surface area contributed by atoms with E-state index in [1.807, 2.05) is 24.5 Å². The van der Waals surface area contributed by atoms with E-state index < -0.39 is 0 Å². The fourth-order valence-corrected chi connectivity index (χ4v) is 1.65. The zero-order valence-electron chi connectivity index (χ0n) is 9.52. The monoisotopic (exact) mass is 207 g/mol. The van der Waals surface area contributed by atoms with Gasteiger partial charge in [-0.1, -0.05) is 19.4 Å². The minimum Gasteiger partial charge on any atom is -0.388 e. The third-order valence-corrected chi connectivity index (χ3v) is 2.54. The minimum atomic E-state index is -0.296. The average molecular weight is 207 g/mol. The summed E-state index contributed by atoms with van der Waals surface area (Å²) in [6, 6.07) is 2.01. The Morgan fingerprint density at radius 3 is 3.07 bits per heavy atom. The van der Waals surface area contributed by atoms with Gasteiger partial charge in [-0.05, 0) is 30.9 Å². The lowest BCUT2D eigenvalue weighted by Gasteiger charge is -2.06. The summed E-state index contributed by atoms with van der Waals surface area (Å²) >= 11 is 0.